The van der Waals surface area contributed by atoms with Crippen molar-refractivity contribution >= 4 is 0 Å². The van der Waals surface area contributed by atoms with Crippen LogP contribution in [0.3, 0.4) is 0 Å². The zero-order chi connectivity index (χ0) is 9.19. The molecule has 1 atom stereocenters. The Kier molecular flexibility index (Phi) is 2.40. The van der Waals surface area contributed by atoms with Crippen molar-refractivity contribution in [1.82, 2.24) is 0 Å². The Morgan fingerprint density at radius 2 is 1.83 bits per heavy atom. The molecule has 0 bridgehead atoms. The zero-order valence-corrected chi connectivity index (χ0v) is 6.60. The van der Waals surface area contributed by atoms with Crippen LogP contribution >= 0.6 is 0 Å². The lowest BCUT2D eigenvalue weighted by Crippen LogP contribution is -2.16. The molecule has 0 aromatic heterocycles. The highest BCUT2D eigenvalue weighted by molar-refractivity contribution is 5.28. The van der Waals surface area contributed by atoms with E-state index in [4.69, 9.17) is 0 Å². The summed E-state index contributed by atoms with van der Waals surface area (Å²) in [5.41, 5.74) is -0.493. The highest BCUT2D eigenvalue weighted by atomic mass is 19.4. The van der Waals surface area contributed by atoms with Crippen LogP contribution in [-0.2, 0) is 0 Å². The summed E-state index contributed by atoms with van der Waals surface area (Å²) in [6.07, 6.45) is 3.06. The molecule has 1 aliphatic rings. The van der Waals surface area contributed by atoms with E-state index in [1.807, 2.05) is 0 Å². The summed E-state index contributed by atoms with van der Waals surface area (Å²) in [7, 11) is 0. The number of allylic oxidation sites excluding steroid dienone is 6. The first-order valence-electron chi connectivity index (χ1n) is 3.64. The lowest BCUT2D eigenvalue weighted by atomic mass is 10.0. The summed E-state index contributed by atoms with van der Waals surface area (Å²) >= 11 is 0. The normalized spacial score (nSPS) is 23.7. The molecule has 0 amide bonds. The van der Waals surface area contributed by atoms with Crippen LogP contribution in [0.5, 0.6) is 0 Å². The molecule has 1 unspecified atom stereocenters. The topological polar surface area (TPSA) is 0 Å². The zero-order valence-electron chi connectivity index (χ0n) is 6.60. The average Bonchev–Trinajstić information content (AvgIpc) is 2.11. The maximum Gasteiger partial charge on any atom is 0.413 e. The van der Waals surface area contributed by atoms with Crippen molar-refractivity contribution in [3.63, 3.8) is 0 Å². The second-order valence-electron chi connectivity index (χ2n) is 2.68. The summed E-state index contributed by atoms with van der Waals surface area (Å²) in [5.74, 6) is -0.556. The minimum atomic E-state index is -4.21. The van der Waals surface area contributed by atoms with Crippen molar-refractivity contribution < 1.29 is 13.2 Å². The van der Waals surface area contributed by atoms with E-state index in [1.54, 1.807) is 12.2 Å². The van der Waals surface area contributed by atoms with E-state index in [0.29, 0.717) is 0 Å². The van der Waals surface area contributed by atoms with E-state index in [9.17, 15) is 13.2 Å². The Morgan fingerprint density at radius 1 is 1.17 bits per heavy atom. The van der Waals surface area contributed by atoms with Gasteiger partial charge in [-0.1, -0.05) is 37.3 Å². The summed E-state index contributed by atoms with van der Waals surface area (Å²) < 4.78 is 36.7. The molecule has 12 heavy (non-hydrogen) atoms. The van der Waals surface area contributed by atoms with Crippen LogP contribution < -0.4 is 0 Å². The monoisotopic (exact) mass is 174 g/mol. The Labute approximate surface area is 69.1 Å². The lowest BCUT2D eigenvalue weighted by Gasteiger charge is -2.14. The van der Waals surface area contributed by atoms with Crippen molar-refractivity contribution in [2.75, 3.05) is 0 Å². The SMILES string of the molecule is CC1C=CC=CC=C1C(F)(F)F. The second kappa shape index (κ2) is 3.17. The van der Waals surface area contributed by atoms with Crippen molar-refractivity contribution in [2.24, 2.45) is 5.92 Å². The molecule has 0 fully saturated rings. The van der Waals surface area contributed by atoms with Crippen LogP contribution in [0.15, 0.2) is 36.0 Å². The Hall–Kier alpha value is -0.990. The van der Waals surface area contributed by atoms with E-state index in [2.05, 4.69) is 0 Å². The fourth-order valence-corrected chi connectivity index (χ4v) is 1.06. The fraction of sp³-hybridized carbons (Fsp3) is 0.333. The number of rotatable bonds is 0. The molecular formula is C9H9F3. The van der Waals surface area contributed by atoms with Gasteiger partial charge in [-0.2, -0.15) is 13.2 Å². The van der Waals surface area contributed by atoms with Gasteiger partial charge in [0, 0.05) is 11.5 Å². The van der Waals surface area contributed by atoms with Gasteiger partial charge in [-0.05, 0) is 0 Å². The molecule has 3 heteroatoms. The predicted molar refractivity (Wildman–Crippen MR) is 41.6 cm³/mol. The van der Waals surface area contributed by atoms with Gasteiger partial charge in [-0.3, -0.25) is 0 Å². The molecule has 0 saturated heterocycles. The number of hydrogen-bond donors (Lipinski definition) is 0. The van der Waals surface area contributed by atoms with Crippen molar-refractivity contribution in [1.29, 1.82) is 0 Å². The minimum Gasteiger partial charge on any atom is -0.166 e. The molecule has 0 aliphatic heterocycles. The molecule has 1 aliphatic carbocycles. The molecule has 0 spiro atoms. The third-order valence-electron chi connectivity index (χ3n) is 1.72. The molecule has 0 N–H and O–H groups in total. The van der Waals surface area contributed by atoms with E-state index in [-0.39, 0.29) is 0 Å². The van der Waals surface area contributed by atoms with E-state index in [0.717, 1.165) is 6.08 Å². The summed E-state index contributed by atoms with van der Waals surface area (Å²) in [6.45, 7) is 1.53. The summed E-state index contributed by atoms with van der Waals surface area (Å²) in [5, 5.41) is 0. The summed E-state index contributed by atoms with van der Waals surface area (Å²) in [6, 6.07) is 0. The van der Waals surface area contributed by atoms with Crippen molar-refractivity contribution in [2.45, 2.75) is 13.1 Å². The minimum absolute atomic E-state index is 0.493. The molecule has 0 aromatic rings. The van der Waals surface area contributed by atoms with Gasteiger partial charge in [0.2, 0.25) is 0 Å². The van der Waals surface area contributed by atoms with Gasteiger partial charge in [0.15, 0.2) is 0 Å². The summed E-state index contributed by atoms with van der Waals surface area (Å²) in [4.78, 5) is 0. The molecule has 0 aromatic carbocycles. The van der Waals surface area contributed by atoms with Crippen LogP contribution in [0, 0.1) is 5.92 Å². The van der Waals surface area contributed by atoms with Gasteiger partial charge in [0.1, 0.15) is 0 Å². The van der Waals surface area contributed by atoms with E-state index in [1.165, 1.54) is 19.1 Å². The first kappa shape index (κ1) is 9.10. The maximum atomic E-state index is 12.2. The third kappa shape index (κ3) is 2.00. The van der Waals surface area contributed by atoms with Gasteiger partial charge >= 0.3 is 6.18 Å². The Balaban J connectivity index is 2.95. The van der Waals surface area contributed by atoms with Gasteiger partial charge < -0.3 is 0 Å². The number of halogens is 3. The molecular weight excluding hydrogens is 165 g/mol. The van der Waals surface area contributed by atoms with Crippen LogP contribution in [0.2, 0.25) is 0 Å². The van der Waals surface area contributed by atoms with E-state index >= 15 is 0 Å². The van der Waals surface area contributed by atoms with Crippen LogP contribution in [0.1, 0.15) is 6.92 Å². The van der Waals surface area contributed by atoms with Gasteiger partial charge in [0.05, 0.1) is 0 Å². The predicted octanol–water partition coefficient (Wildman–Crippen LogP) is 3.24. The number of alkyl halides is 3. The standard InChI is InChI=1S/C9H9F3/c1-7-5-3-2-4-6-8(7)9(10,11)12/h2-7H,1H3. The molecule has 0 nitrogen and oxygen atoms in total. The molecule has 66 valence electrons. The highest BCUT2D eigenvalue weighted by Gasteiger charge is 2.35. The van der Waals surface area contributed by atoms with Crippen LogP contribution in [-0.4, -0.2) is 6.18 Å². The Morgan fingerprint density at radius 3 is 2.42 bits per heavy atom. The van der Waals surface area contributed by atoms with Gasteiger partial charge in [0.25, 0.3) is 0 Å². The fourth-order valence-electron chi connectivity index (χ4n) is 1.06. The molecule has 1 rings (SSSR count). The lowest BCUT2D eigenvalue weighted by molar-refractivity contribution is -0.0965. The maximum absolute atomic E-state index is 12.2. The van der Waals surface area contributed by atoms with Gasteiger partial charge in [-0.25, -0.2) is 0 Å². The van der Waals surface area contributed by atoms with E-state index < -0.39 is 17.7 Å². The Bertz CT molecular complexity index is 243. The average molecular weight is 174 g/mol. The first-order chi connectivity index (χ1) is 5.52. The van der Waals surface area contributed by atoms with Crippen LogP contribution in [0.4, 0.5) is 13.2 Å². The smallest absolute Gasteiger partial charge is 0.166 e. The molecule has 0 saturated carbocycles. The third-order valence-corrected chi connectivity index (χ3v) is 1.72. The van der Waals surface area contributed by atoms with Crippen LogP contribution in [0.25, 0.3) is 0 Å². The van der Waals surface area contributed by atoms with Crippen molar-refractivity contribution in [3.05, 3.63) is 36.0 Å². The highest BCUT2D eigenvalue weighted by Crippen LogP contribution is 2.32. The molecule has 0 radical (unpaired) electrons. The van der Waals surface area contributed by atoms with Gasteiger partial charge in [-0.15, -0.1) is 0 Å². The molecule has 0 heterocycles. The largest absolute Gasteiger partial charge is 0.413 e. The second-order valence-corrected chi connectivity index (χ2v) is 2.68. The quantitative estimate of drug-likeness (QED) is 0.528. The first-order valence-corrected chi connectivity index (χ1v) is 3.64. The van der Waals surface area contributed by atoms with Crippen molar-refractivity contribution in [3.8, 4) is 0 Å². The number of hydrogen-bond acceptors (Lipinski definition) is 0.